The van der Waals surface area contributed by atoms with Crippen molar-refractivity contribution in [1.82, 2.24) is 0 Å². The van der Waals surface area contributed by atoms with Crippen LogP contribution in [0.2, 0.25) is 10.0 Å². The van der Waals surface area contributed by atoms with Gasteiger partial charge in [-0.05, 0) is 30.2 Å². The third-order valence-electron chi connectivity index (χ3n) is 1.75. The van der Waals surface area contributed by atoms with Crippen LogP contribution in [-0.4, -0.2) is 11.7 Å². The van der Waals surface area contributed by atoms with Crippen LogP contribution >= 0.6 is 23.2 Å². The maximum atomic E-state index is 8.70. The number of aliphatic hydroxyl groups is 1. The van der Waals surface area contributed by atoms with Crippen molar-refractivity contribution in [2.24, 2.45) is 0 Å². The van der Waals surface area contributed by atoms with E-state index in [4.69, 9.17) is 28.3 Å². The Bertz CT molecular complexity index is 332. The third-order valence-corrected chi connectivity index (χ3v) is 2.30. The van der Waals surface area contributed by atoms with Crippen LogP contribution in [0.25, 0.3) is 5.57 Å². The molecule has 0 saturated carbocycles. The molecule has 0 amide bonds. The summed E-state index contributed by atoms with van der Waals surface area (Å²) >= 11 is 11.7. The van der Waals surface area contributed by atoms with Crippen LogP contribution in [0.3, 0.4) is 0 Å². The predicted octanol–water partition coefficient (Wildman–Crippen LogP) is 3.39. The van der Waals surface area contributed by atoms with Crippen LogP contribution in [0.5, 0.6) is 0 Å². The predicted molar refractivity (Wildman–Crippen MR) is 57.2 cm³/mol. The smallest absolute Gasteiger partial charge is 0.0618 e. The Kier molecular flexibility index (Phi) is 3.79. The van der Waals surface area contributed by atoms with E-state index in [0.29, 0.717) is 10.0 Å². The maximum Gasteiger partial charge on any atom is 0.0618 e. The van der Waals surface area contributed by atoms with Crippen molar-refractivity contribution in [3.05, 3.63) is 39.9 Å². The van der Waals surface area contributed by atoms with Crippen LogP contribution in [0, 0.1) is 0 Å². The fourth-order valence-corrected chi connectivity index (χ4v) is 1.61. The normalized spacial score (nSPS) is 11.8. The van der Waals surface area contributed by atoms with Gasteiger partial charge in [0.1, 0.15) is 0 Å². The number of aliphatic hydroxyl groups excluding tert-OH is 1. The first kappa shape index (κ1) is 10.6. The summed E-state index contributed by atoms with van der Waals surface area (Å²) in [6, 6.07) is 5.30. The van der Waals surface area contributed by atoms with E-state index in [-0.39, 0.29) is 6.61 Å². The number of rotatable bonds is 2. The van der Waals surface area contributed by atoms with Gasteiger partial charge in [-0.1, -0.05) is 35.3 Å². The molecule has 0 fully saturated rings. The van der Waals surface area contributed by atoms with Gasteiger partial charge in [0.15, 0.2) is 0 Å². The highest BCUT2D eigenvalue weighted by Crippen LogP contribution is 2.26. The molecule has 0 aliphatic heterocycles. The molecule has 0 radical (unpaired) electrons. The van der Waals surface area contributed by atoms with Gasteiger partial charge in [-0.15, -0.1) is 0 Å². The molecule has 3 heteroatoms. The van der Waals surface area contributed by atoms with Crippen molar-refractivity contribution in [3.8, 4) is 0 Å². The van der Waals surface area contributed by atoms with Gasteiger partial charge in [-0.2, -0.15) is 0 Å². The standard InChI is InChI=1S/C10H10Cl2O/c1-7(4-5-13)9-3-2-8(11)6-10(9)12/h2-4,6,13H,5H2,1H3. The monoisotopic (exact) mass is 216 g/mol. The Morgan fingerprint density at radius 2 is 2.15 bits per heavy atom. The third kappa shape index (κ3) is 2.73. The summed E-state index contributed by atoms with van der Waals surface area (Å²) in [7, 11) is 0. The lowest BCUT2D eigenvalue weighted by Crippen LogP contribution is -1.84. The lowest BCUT2D eigenvalue weighted by atomic mass is 10.1. The number of halogens is 2. The molecule has 0 atom stereocenters. The largest absolute Gasteiger partial charge is 0.392 e. The molecule has 1 N–H and O–H groups in total. The lowest BCUT2D eigenvalue weighted by molar-refractivity contribution is 0.343. The van der Waals surface area contributed by atoms with Crippen LogP contribution in [-0.2, 0) is 0 Å². The van der Waals surface area contributed by atoms with E-state index in [2.05, 4.69) is 0 Å². The Balaban J connectivity index is 3.09. The van der Waals surface area contributed by atoms with E-state index in [1.165, 1.54) is 0 Å². The number of hydrogen-bond donors (Lipinski definition) is 1. The Morgan fingerprint density at radius 3 is 2.69 bits per heavy atom. The Hall–Kier alpha value is -0.500. The number of allylic oxidation sites excluding steroid dienone is 1. The van der Waals surface area contributed by atoms with Gasteiger partial charge in [0.05, 0.1) is 6.61 Å². The van der Waals surface area contributed by atoms with Crippen molar-refractivity contribution < 1.29 is 5.11 Å². The molecule has 0 bridgehead atoms. The molecule has 0 spiro atoms. The summed E-state index contributed by atoms with van der Waals surface area (Å²) in [6.45, 7) is 1.91. The minimum absolute atomic E-state index is 0.0186. The highest BCUT2D eigenvalue weighted by molar-refractivity contribution is 6.35. The summed E-state index contributed by atoms with van der Waals surface area (Å²) < 4.78 is 0. The zero-order chi connectivity index (χ0) is 9.84. The molecule has 0 aliphatic rings. The fourth-order valence-electron chi connectivity index (χ4n) is 1.06. The molecule has 1 aromatic rings. The second kappa shape index (κ2) is 4.66. The first-order chi connectivity index (χ1) is 6.15. The minimum atomic E-state index is 0.0186. The lowest BCUT2D eigenvalue weighted by Gasteiger charge is -2.04. The molecule has 0 aliphatic carbocycles. The second-order valence-corrected chi connectivity index (χ2v) is 3.54. The van der Waals surface area contributed by atoms with Crippen molar-refractivity contribution in [2.45, 2.75) is 6.92 Å². The highest BCUT2D eigenvalue weighted by Gasteiger charge is 2.01. The molecule has 0 saturated heterocycles. The van der Waals surface area contributed by atoms with Gasteiger partial charge in [0.2, 0.25) is 0 Å². The molecule has 1 nitrogen and oxygen atoms in total. The maximum absolute atomic E-state index is 8.70. The zero-order valence-corrected chi connectivity index (χ0v) is 8.73. The SMILES string of the molecule is CC(=CCO)c1ccc(Cl)cc1Cl. The van der Waals surface area contributed by atoms with Crippen LogP contribution in [0.15, 0.2) is 24.3 Å². The quantitative estimate of drug-likeness (QED) is 0.804. The first-order valence-electron chi connectivity index (χ1n) is 3.88. The molecule has 1 aromatic carbocycles. The minimum Gasteiger partial charge on any atom is -0.392 e. The van der Waals surface area contributed by atoms with E-state index < -0.39 is 0 Å². The molecule has 0 unspecified atom stereocenters. The van der Waals surface area contributed by atoms with Crippen molar-refractivity contribution >= 4 is 28.8 Å². The van der Waals surface area contributed by atoms with Gasteiger partial charge in [-0.25, -0.2) is 0 Å². The van der Waals surface area contributed by atoms with Crippen molar-refractivity contribution in [3.63, 3.8) is 0 Å². The van der Waals surface area contributed by atoms with Gasteiger partial charge in [0, 0.05) is 10.0 Å². The molecular weight excluding hydrogens is 207 g/mol. The van der Waals surface area contributed by atoms with E-state index in [0.717, 1.165) is 11.1 Å². The van der Waals surface area contributed by atoms with Crippen LogP contribution < -0.4 is 0 Å². The van der Waals surface area contributed by atoms with E-state index in [9.17, 15) is 0 Å². The topological polar surface area (TPSA) is 20.2 Å². The van der Waals surface area contributed by atoms with E-state index in [1.807, 2.05) is 13.0 Å². The zero-order valence-electron chi connectivity index (χ0n) is 7.22. The van der Waals surface area contributed by atoms with Gasteiger partial charge >= 0.3 is 0 Å². The molecule has 1 rings (SSSR count). The summed E-state index contributed by atoms with van der Waals surface area (Å²) in [5.41, 5.74) is 1.85. The number of benzene rings is 1. The molecule has 13 heavy (non-hydrogen) atoms. The molecule has 70 valence electrons. The average Bonchev–Trinajstić information content (AvgIpc) is 2.04. The number of hydrogen-bond acceptors (Lipinski definition) is 1. The summed E-state index contributed by atoms with van der Waals surface area (Å²) in [5.74, 6) is 0. The van der Waals surface area contributed by atoms with Gasteiger partial charge in [-0.3, -0.25) is 0 Å². The Morgan fingerprint density at radius 1 is 1.46 bits per heavy atom. The van der Waals surface area contributed by atoms with Crippen LogP contribution in [0.1, 0.15) is 12.5 Å². The molecule has 0 heterocycles. The molecular formula is C10H10Cl2O. The van der Waals surface area contributed by atoms with Crippen LogP contribution in [0.4, 0.5) is 0 Å². The second-order valence-electron chi connectivity index (χ2n) is 2.69. The fraction of sp³-hybridized carbons (Fsp3) is 0.200. The summed E-state index contributed by atoms with van der Waals surface area (Å²) in [4.78, 5) is 0. The van der Waals surface area contributed by atoms with Crippen molar-refractivity contribution in [1.29, 1.82) is 0 Å². The first-order valence-corrected chi connectivity index (χ1v) is 4.64. The average molecular weight is 217 g/mol. The summed E-state index contributed by atoms with van der Waals surface area (Å²) in [5, 5.41) is 9.92. The van der Waals surface area contributed by atoms with Crippen molar-refractivity contribution in [2.75, 3.05) is 6.61 Å². The Labute approximate surface area is 87.6 Å². The highest BCUT2D eigenvalue weighted by atomic mass is 35.5. The van der Waals surface area contributed by atoms with E-state index in [1.54, 1.807) is 18.2 Å². The summed E-state index contributed by atoms with van der Waals surface area (Å²) in [6.07, 6.45) is 1.70. The van der Waals surface area contributed by atoms with E-state index >= 15 is 0 Å². The van der Waals surface area contributed by atoms with Gasteiger partial charge < -0.3 is 5.11 Å². The van der Waals surface area contributed by atoms with Gasteiger partial charge in [0.25, 0.3) is 0 Å². The molecule has 0 aromatic heterocycles.